The molecule has 0 atom stereocenters. The summed E-state index contributed by atoms with van der Waals surface area (Å²) in [7, 11) is 1.63. The van der Waals surface area contributed by atoms with E-state index in [2.05, 4.69) is 5.32 Å². The molecule has 164 valence electrons. The molecule has 1 aliphatic rings. The first-order valence-corrected chi connectivity index (χ1v) is 10.3. The maximum absolute atomic E-state index is 12.6. The van der Waals surface area contributed by atoms with Crippen LogP contribution in [0.15, 0.2) is 30.3 Å². The summed E-state index contributed by atoms with van der Waals surface area (Å²) in [6.07, 6.45) is 3.26. The smallest absolute Gasteiger partial charge is 0.246 e. The molecule has 1 fully saturated rings. The molecule has 0 spiro atoms. The first-order valence-electron chi connectivity index (χ1n) is 10.3. The second-order valence-corrected chi connectivity index (χ2v) is 8.90. The van der Waals surface area contributed by atoms with E-state index < -0.39 is 0 Å². The van der Waals surface area contributed by atoms with Crippen LogP contribution in [-0.2, 0) is 14.4 Å². The normalized spacial score (nSPS) is 15.3. The molecular formula is C23H34N4O3. The average Bonchev–Trinajstić information content (AvgIpc) is 2.65. The van der Waals surface area contributed by atoms with Gasteiger partial charge in [0.1, 0.15) is 0 Å². The number of aryl methyl sites for hydroxylation is 1. The van der Waals surface area contributed by atoms with Crippen molar-refractivity contribution in [2.75, 3.05) is 46.3 Å². The second-order valence-electron chi connectivity index (χ2n) is 8.90. The molecule has 7 heteroatoms. The highest BCUT2D eigenvalue weighted by molar-refractivity contribution is 5.94. The number of rotatable bonds is 6. The van der Waals surface area contributed by atoms with Gasteiger partial charge in [-0.05, 0) is 39.3 Å². The zero-order valence-corrected chi connectivity index (χ0v) is 18.8. The van der Waals surface area contributed by atoms with Gasteiger partial charge in [0.15, 0.2) is 0 Å². The van der Waals surface area contributed by atoms with Crippen molar-refractivity contribution in [2.24, 2.45) is 0 Å². The van der Waals surface area contributed by atoms with Gasteiger partial charge in [0.05, 0.1) is 13.1 Å². The molecule has 1 aromatic rings. The molecule has 1 heterocycles. The summed E-state index contributed by atoms with van der Waals surface area (Å²) in [4.78, 5) is 42.2. The fourth-order valence-electron chi connectivity index (χ4n) is 3.27. The fraction of sp³-hybridized carbons (Fsp3) is 0.522. The summed E-state index contributed by atoms with van der Waals surface area (Å²) in [6, 6.07) is 7.87. The van der Waals surface area contributed by atoms with Crippen molar-refractivity contribution < 1.29 is 14.4 Å². The highest BCUT2D eigenvalue weighted by Crippen LogP contribution is 2.07. The van der Waals surface area contributed by atoms with Crippen LogP contribution in [0.25, 0.3) is 6.08 Å². The Labute approximate surface area is 179 Å². The van der Waals surface area contributed by atoms with Crippen molar-refractivity contribution in [1.29, 1.82) is 0 Å². The van der Waals surface area contributed by atoms with Crippen molar-refractivity contribution in [2.45, 2.75) is 33.2 Å². The Morgan fingerprint density at radius 2 is 1.80 bits per heavy atom. The molecule has 0 unspecified atom stereocenters. The highest BCUT2D eigenvalue weighted by Gasteiger charge is 2.24. The number of nitrogens with one attached hydrogen (secondary N) is 1. The van der Waals surface area contributed by atoms with Crippen LogP contribution in [0.3, 0.4) is 0 Å². The zero-order valence-electron chi connectivity index (χ0n) is 18.8. The largest absolute Gasteiger partial charge is 0.350 e. The van der Waals surface area contributed by atoms with E-state index in [1.54, 1.807) is 18.0 Å². The van der Waals surface area contributed by atoms with E-state index in [-0.39, 0.29) is 29.8 Å². The van der Waals surface area contributed by atoms with Crippen LogP contribution < -0.4 is 5.32 Å². The summed E-state index contributed by atoms with van der Waals surface area (Å²) < 4.78 is 0. The monoisotopic (exact) mass is 414 g/mol. The summed E-state index contributed by atoms with van der Waals surface area (Å²) in [5.74, 6) is -0.288. The minimum absolute atomic E-state index is 0.00648. The number of hydrogen-bond donors (Lipinski definition) is 1. The van der Waals surface area contributed by atoms with E-state index in [0.29, 0.717) is 32.7 Å². The molecule has 1 N–H and O–H groups in total. The Kier molecular flexibility index (Phi) is 8.17. The third-order valence-corrected chi connectivity index (χ3v) is 4.82. The molecule has 0 saturated carbocycles. The summed E-state index contributed by atoms with van der Waals surface area (Å²) in [5, 5.41) is 2.95. The number of likely N-dealkylation sites (N-methyl/N-ethyl adjacent to an activating group) is 1. The number of carbonyl (C=O) groups excluding carboxylic acids is 3. The maximum Gasteiger partial charge on any atom is 0.246 e. The number of benzene rings is 1. The van der Waals surface area contributed by atoms with Crippen molar-refractivity contribution in [3.8, 4) is 0 Å². The van der Waals surface area contributed by atoms with Crippen LogP contribution in [0.5, 0.6) is 0 Å². The van der Waals surface area contributed by atoms with E-state index >= 15 is 0 Å². The lowest BCUT2D eigenvalue weighted by Crippen LogP contribution is -2.54. The number of carbonyl (C=O) groups is 3. The summed E-state index contributed by atoms with van der Waals surface area (Å²) in [6.45, 7) is 10.7. The van der Waals surface area contributed by atoms with Crippen molar-refractivity contribution in [3.63, 3.8) is 0 Å². The molecule has 0 aliphatic carbocycles. The number of amides is 3. The van der Waals surface area contributed by atoms with Gasteiger partial charge in [-0.15, -0.1) is 0 Å². The number of hydrogen-bond acceptors (Lipinski definition) is 4. The fourth-order valence-corrected chi connectivity index (χ4v) is 3.27. The summed E-state index contributed by atoms with van der Waals surface area (Å²) in [5.41, 5.74) is 1.83. The minimum atomic E-state index is -0.250. The molecule has 1 saturated heterocycles. The highest BCUT2D eigenvalue weighted by atomic mass is 16.2. The van der Waals surface area contributed by atoms with E-state index in [1.807, 2.05) is 56.9 Å². The van der Waals surface area contributed by atoms with E-state index in [4.69, 9.17) is 0 Å². The third kappa shape index (κ3) is 7.99. The van der Waals surface area contributed by atoms with Crippen LogP contribution >= 0.6 is 0 Å². The lowest BCUT2D eigenvalue weighted by Gasteiger charge is -2.35. The van der Waals surface area contributed by atoms with E-state index in [9.17, 15) is 14.4 Å². The predicted octanol–water partition coefficient (Wildman–Crippen LogP) is 1.53. The molecular weight excluding hydrogens is 380 g/mol. The molecule has 0 aromatic heterocycles. The summed E-state index contributed by atoms with van der Waals surface area (Å²) >= 11 is 0. The predicted molar refractivity (Wildman–Crippen MR) is 119 cm³/mol. The Bertz CT molecular complexity index is 790. The van der Waals surface area contributed by atoms with Gasteiger partial charge in [0, 0.05) is 44.8 Å². The van der Waals surface area contributed by atoms with Crippen LogP contribution in [0.4, 0.5) is 0 Å². The minimum Gasteiger partial charge on any atom is -0.350 e. The molecule has 1 aromatic carbocycles. The van der Waals surface area contributed by atoms with Gasteiger partial charge in [-0.1, -0.05) is 29.8 Å². The van der Waals surface area contributed by atoms with Crippen LogP contribution in [0.1, 0.15) is 31.9 Å². The Morgan fingerprint density at radius 3 is 2.40 bits per heavy atom. The lowest BCUT2D eigenvalue weighted by molar-refractivity contribution is -0.138. The molecule has 30 heavy (non-hydrogen) atoms. The molecule has 0 bridgehead atoms. The van der Waals surface area contributed by atoms with Crippen molar-refractivity contribution in [1.82, 2.24) is 20.0 Å². The van der Waals surface area contributed by atoms with Gasteiger partial charge >= 0.3 is 0 Å². The van der Waals surface area contributed by atoms with Crippen molar-refractivity contribution in [3.05, 3.63) is 41.5 Å². The maximum atomic E-state index is 12.6. The standard InChI is InChI=1S/C23H34N4O3/c1-18-7-6-8-19(15-18)9-10-21(29)25(5)17-22(30)27-13-11-26(12-14-27)16-20(28)24-23(2,3)4/h6-10,15H,11-14,16-17H2,1-5H3,(H,24,28)/b10-9+. The Hall–Kier alpha value is -2.67. The van der Waals surface area contributed by atoms with Crippen LogP contribution in [0, 0.1) is 6.92 Å². The van der Waals surface area contributed by atoms with Gasteiger partial charge in [-0.3, -0.25) is 19.3 Å². The van der Waals surface area contributed by atoms with Gasteiger partial charge < -0.3 is 15.1 Å². The van der Waals surface area contributed by atoms with Gasteiger partial charge in [-0.25, -0.2) is 0 Å². The Balaban J connectivity index is 1.77. The van der Waals surface area contributed by atoms with Crippen LogP contribution in [0.2, 0.25) is 0 Å². The zero-order chi connectivity index (χ0) is 22.3. The molecule has 1 aliphatic heterocycles. The van der Waals surface area contributed by atoms with Gasteiger partial charge in [0.25, 0.3) is 0 Å². The SMILES string of the molecule is Cc1cccc(/C=C/C(=O)N(C)CC(=O)N2CCN(CC(=O)NC(C)(C)C)CC2)c1. The second kappa shape index (κ2) is 10.4. The van der Waals surface area contributed by atoms with Crippen molar-refractivity contribution >= 4 is 23.8 Å². The quantitative estimate of drug-likeness (QED) is 0.717. The Morgan fingerprint density at radius 1 is 1.13 bits per heavy atom. The first-order chi connectivity index (χ1) is 14.0. The average molecular weight is 415 g/mol. The number of nitrogens with zero attached hydrogens (tertiary/aromatic N) is 3. The topological polar surface area (TPSA) is 73.0 Å². The molecule has 3 amide bonds. The third-order valence-electron chi connectivity index (χ3n) is 4.82. The molecule has 2 rings (SSSR count). The van der Waals surface area contributed by atoms with Crippen LogP contribution in [-0.4, -0.2) is 84.3 Å². The van der Waals surface area contributed by atoms with E-state index in [1.165, 1.54) is 11.0 Å². The molecule has 0 radical (unpaired) electrons. The van der Waals surface area contributed by atoms with Gasteiger partial charge in [0.2, 0.25) is 17.7 Å². The van der Waals surface area contributed by atoms with Gasteiger partial charge in [-0.2, -0.15) is 0 Å². The lowest BCUT2D eigenvalue weighted by atomic mass is 10.1. The number of piperazine rings is 1. The van der Waals surface area contributed by atoms with E-state index in [0.717, 1.165) is 11.1 Å². The molecule has 7 nitrogen and oxygen atoms in total. The first kappa shape index (κ1) is 23.6.